The fourth-order valence-electron chi connectivity index (χ4n) is 1.64. The first-order valence-corrected chi connectivity index (χ1v) is 5.55. The summed E-state index contributed by atoms with van der Waals surface area (Å²) in [6.07, 6.45) is 1.40. The van der Waals surface area contributed by atoms with Gasteiger partial charge in [-0.15, -0.1) is 0 Å². The zero-order valence-electron chi connectivity index (χ0n) is 9.46. The van der Waals surface area contributed by atoms with Crippen molar-refractivity contribution in [2.45, 2.75) is 0 Å². The third-order valence-electron chi connectivity index (χ3n) is 2.49. The highest BCUT2D eigenvalue weighted by atomic mass is 16.6. The number of amidine groups is 1. The molecule has 2 heterocycles. The molecule has 0 bridgehead atoms. The number of esters is 1. The zero-order chi connectivity index (χ0) is 12.4. The van der Waals surface area contributed by atoms with Gasteiger partial charge in [0.15, 0.2) is 5.69 Å². The number of para-hydroxylation sites is 2. The molecule has 2 aromatic rings. The number of ether oxygens (including phenoxy) is 1. The van der Waals surface area contributed by atoms with Gasteiger partial charge in [0.25, 0.3) is 6.02 Å². The van der Waals surface area contributed by atoms with E-state index in [1.807, 2.05) is 18.2 Å². The van der Waals surface area contributed by atoms with Gasteiger partial charge in [-0.05, 0) is 12.1 Å². The molecule has 1 aliphatic heterocycles. The monoisotopic (exact) mass is 242 g/mol. The summed E-state index contributed by atoms with van der Waals surface area (Å²) in [5.74, 6) is -0.554. The molecule has 1 aromatic heterocycles. The fourth-order valence-corrected chi connectivity index (χ4v) is 1.64. The Morgan fingerprint density at radius 2 is 2.11 bits per heavy atom. The Morgan fingerprint density at radius 1 is 1.28 bits per heavy atom. The lowest BCUT2D eigenvalue weighted by molar-refractivity contribution is 0.0704. The van der Waals surface area contributed by atoms with Crippen LogP contribution in [0.5, 0.6) is 0 Å². The summed E-state index contributed by atoms with van der Waals surface area (Å²) in [5, 5.41) is 2.85. The molecule has 0 saturated heterocycles. The minimum atomic E-state index is -0.554. The van der Waals surface area contributed by atoms with Crippen LogP contribution in [-0.4, -0.2) is 35.0 Å². The molecule has 0 atom stereocenters. The van der Waals surface area contributed by atoms with E-state index in [9.17, 15) is 4.79 Å². The molecule has 0 amide bonds. The van der Waals surface area contributed by atoms with Crippen LogP contribution in [0.15, 0.2) is 35.5 Å². The number of rotatable bonds is 1. The smallest absolute Gasteiger partial charge is 0.366 e. The van der Waals surface area contributed by atoms with Crippen molar-refractivity contribution in [3.8, 4) is 0 Å². The average molecular weight is 242 g/mol. The van der Waals surface area contributed by atoms with Crippen LogP contribution < -0.4 is 5.32 Å². The number of aromatic nitrogens is 2. The Hall–Kier alpha value is -2.50. The van der Waals surface area contributed by atoms with E-state index in [0.717, 1.165) is 5.52 Å². The van der Waals surface area contributed by atoms with E-state index < -0.39 is 5.97 Å². The van der Waals surface area contributed by atoms with Crippen molar-refractivity contribution in [1.29, 1.82) is 0 Å². The molecule has 0 saturated carbocycles. The predicted molar refractivity (Wildman–Crippen MR) is 65.3 cm³/mol. The van der Waals surface area contributed by atoms with Gasteiger partial charge >= 0.3 is 5.97 Å². The Labute approximate surface area is 103 Å². The van der Waals surface area contributed by atoms with Gasteiger partial charge in [-0.3, -0.25) is 4.98 Å². The number of hydrogen-bond acceptors (Lipinski definition) is 6. The van der Waals surface area contributed by atoms with Gasteiger partial charge in [-0.1, -0.05) is 12.1 Å². The number of aliphatic imine (C=N–C) groups is 1. The highest BCUT2D eigenvalue weighted by Gasteiger charge is 2.15. The third-order valence-corrected chi connectivity index (χ3v) is 2.49. The molecule has 6 heteroatoms. The summed E-state index contributed by atoms with van der Waals surface area (Å²) >= 11 is 0. The molecule has 0 radical (unpaired) electrons. The molecule has 0 aliphatic carbocycles. The van der Waals surface area contributed by atoms with Crippen LogP contribution in [0.25, 0.3) is 11.0 Å². The molecule has 6 nitrogen and oxygen atoms in total. The second-order valence-corrected chi connectivity index (χ2v) is 3.75. The second-order valence-electron chi connectivity index (χ2n) is 3.75. The van der Waals surface area contributed by atoms with Crippen LogP contribution in [0.4, 0.5) is 0 Å². The van der Waals surface area contributed by atoms with E-state index in [2.05, 4.69) is 20.3 Å². The zero-order valence-corrected chi connectivity index (χ0v) is 9.46. The number of hydrogen-bond donors (Lipinski definition) is 1. The highest BCUT2D eigenvalue weighted by Crippen LogP contribution is 2.09. The maximum absolute atomic E-state index is 11.8. The SMILES string of the molecule is O=C(OC1=NCCN1)c1cnc2ccccc2n1. The molecule has 1 aromatic carbocycles. The summed E-state index contributed by atoms with van der Waals surface area (Å²) in [6.45, 7) is 1.30. The van der Waals surface area contributed by atoms with Crippen molar-refractivity contribution in [1.82, 2.24) is 15.3 Å². The molecule has 0 fully saturated rings. The van der Waals surface area contributed by atoms with E-state index in [1.54, 1.807) is 6.07 Å². The van der Waals surface area contributed by atoms with Crippen LogP contribution in [-0.2, 0) is 4.74 Å². The van der Waals surface area contributed by atoms with Crippen molar-refractivity contribution in [2.24, 2.45) is 4.99 Å². The number of nitrogens with one attached hydrogen (secondary N) is 1. The minimum absolute atomic E-state index is 0.171. The van der Waals surface area contributed by atoms with Gasteiger partial charge in [0, 0.05) is 6.54 Å². The van der Waals surface area contributed by atoms with E-state index in [0.29, 0.717) is 18.6 Å². The Kier molecular flexibility index (Phi) is 2.60. The number of benzene rings is 1. The molecule has 18 heavy (non-hydrogen) atoms. The van der Waals surface area contributed by atoms with Crippen LogP contribution in [0.1, 0.15) is 10.5 Å². The first kappa shape index (κ1) is 10.6. The fraction of sp³-hybridized carbons (Fsp3) is 0.167. The summed E-state index contributed by atoms with van der Waals surface area (Å²) in [7, 11) is 0. The Balaban J connectivity index is 1.87. The molecule has 3 rings (SSSR count). The van der Waals surface area contributed by atoms with Gasteiger partial charge in [0.05, 0.1) is 23.8 Å². The minimum Gasteiger partial charge on any atom is -0.388 e. The lowest BCUT2D eigenvalue weighted by Gasteiger charge is -2.03. The van der Waals surface area contributed by atoms with E-state index in [-0.39, 0.29) is 11.7 Å². The van der Waals surface area contributed by atoms with Gasteiger partial charge in [-0.2, -0.15) is 0 Å². The Morgan fingerprint density at radius 3 is 2.89 bits per heavy atom. The summed E-state index contributed by atoms with van der Waals surface area (Å²) in [5.41, 5.74) is 1.57. The van der Waals surface area contributed by atoms with Crippen molar-refractivity contribution in [3.63, 3.8) is 0 Å². The largest absolute Gasteiger partial charge is 0.388 e. The lowest BCUT2D eigenvalue weighted by Crippen LogP contribution is -2.25. The summed E-state index contributed by atoms with van der Waals surface area (Å²) < 4.78 is 5.04. The summed E-state index contributed by atoms with van der Waals surface area (Å²) in [6, 6.07) is 7.58. The quantitative estimate of drug-likeness (QED) is 0.746. The van der Waals surface area contributed by atoms with Crippen molar-refractivity contribution in [3.05, 3.63) is 36.2 Å². The third kappa shape index (κ3) is 2.00. The van der Waals surface area contributed by atoms with Crippen LogP contribution in [0.2, 0.25) is 0 Å². The molecular weight excluding hydrogens is 232 g/mol. The first-order chi connectivity index (χ1) is 8.83. The number of carbonyl (C=O) groups is 1. The molecule has 1 N–H and O–H groups in total. The van der Waals surface area contributed by atoms with Gasteiger partial charge in [0.2, 0.25) is 0 Å². The van der Waals surface area contributed by atoms with Gasteiger partial charge < -0.3 is 10.1 Å². The first-order valence-electron chi connectivity index (χ1n) is 5.55. The van der Waals surface area contributed by atoms with E-state index >= 15 is 0 Å². The van der Waals surface area contributed by atoms with Crippen molar-refractivity contribution < 1.29 is 9.53 Å². The maximum atomic E-state index is 11.8. The molecule has 0 unspecified atom stereocenters. The van der Waals surface area contributed by atoms with Gasteiger partial charge in [-0.25, -0.2) is 14.8 Å². The average Bonchev–Trinajstić information content (AvgIpc) is 2.91. The predicted octanol–water partition coefficient (Wildman–Crippen LogP) is 0.746. The second kappa shape index (κ2) is 4.40. The van der Waals surface area contributed by atoms with E-state index in [4.69, 9.17) is 4.74 Å². The van der Waals surface area contributed by atoms with Crippen LogP contribution in [0, 0.1) is 0 Å². The van der Waals surface area contributed by atoms with Crippen LogP contribution >= 0.6 is 0 Å². The molecule has 90 valence electrons. The van der Waals surface area contributed by atoms with E-state index in [1.165, 1.54) is 6.20 Å². The standard InChI is InChI=1S/C12H10N4O2/c17-11(18-12-13-5-6-14-12)10-7-15-8-3-1-2-4-9(8)16-10/h1-4,7H,5-6H2,(H,13,14). The van der Waals surface area contributed by atoms with Gasteiger partial charge in [0.1, 0.15) is 0 Å². The topological polar surface area (TPSA) is 76.5 Å². The number of carbonyl (C=O) groups excluding carboxylic acids is 1. The highest BCUT2D eigenvalue weighted by molar-refractivity contribution is 5.97. The maximum Gasteiger partial charge on any atom is 0.366 e. The van der Waals surface area contributed by atoms with Crippen molar-refractivity contribution in [2.75, 3.05) is 13.1 Å². The lowest BCUT2D eigenvalue weighted by atomic mass is 10.3. The number of fused-ring (bicyclic) bond motifs is 1. The molecule has 0 spiro atoms. The van der Waals surface area contributed by atoms with Crippen LogP contribution in [0.3, 0.4) is 0 Å². The molecular formula is C12H10N4O2. The number of nitrogens with zero attached hydrogens (tertiary/aromatic N) is 3. The normalized spacial score (nSPS) is 14.1. The Bertz CT molecular complexity index is 639. The van der Waals surface area contributed by atoms with Crippen molar-refractivity contribution >= 4 is 23.0 Å². The molecule has 1 aliphatic rings. The summed E-state index contributed by atoms with van der Waals surface area (Å²) in [4.78, 5) is 24.1.